The van der Waals surface area contributed by atoms with Crippen LogP contribution >= 0.6 is 0 Å². The molecule has 2 heterocycles. The van der Waals surface area contributed by atoms with Gasteiger partial charge in [-0.15, -0.1) is 0 Å². The Hall–Kier alpha value is -2.88. The second kappa shape index (κ2) is 6.79. The van der Waals surface area contributed by atoms with Crippen LogP contribution in [0.3, 0.4) is 0 Å². The average molecular weight is 345 g/mol. The summed E-state index contributed by atoms with van der Waals surface area (Å²) in [6.07, 6.45) is 2.65. The maximum Gasteiger partial charge on any atom is 0.262 e. The van der Waals surface area contributed by atoms with Crippen molar-refractivity contribution >= 4 is 16.8 Å². The molecule has 2 aromatic heterocycles. The molecule has 0 aliphatic heterocycles. The van der Waals surface area contributed by atoms with Crippen LogP contribution in [0.15, 0.2) is 59.4 Å². The molecule has 4 nitrogen and oxygen atoms in total. The van der Waals surface area contributed by atoms with Crippen molar-refractivity contribution < 1.29 is 0 Å². The van der Waals surface area contributed by atoms with E-state index in [1.165, 1.54) is 5.56 Å². The minimum atomic E-state index is 0.0732. The molecule has 0 aliphatic carbocycles. The van der Waals surface area contributed by atoms with E-state index in [0.717, 1.165) is 53.9 Å². The Bertz CT molecular complexity index is 1120. The van der Waals surface area contributed by atoms with E-state index in [9.17, 15) is 4.79 Å². The molecule has 0 saturated carbocycles. The first-order valence-corrected chi connectivity index (χ1v) is 9.24. The van der Waals surface area contributed by atoms with E-state index in [4.69, 9.17) is 4.98 Å². The molecule has 0 N–H and O–H groups in total. The number of para-hydroxylation sites is 2. The van der Waals surface area contributed by atoms with Crippen molar-refractivity contribution in [1.82, 2.24) is 14.0 Å². The summed E-state index contributed by atoms with van der Waals surface area (Å²) in [6, 6.07) is 18.3. The maximum absolute atomic E-state index is 13.2. The molecule has 0 atom stereocenters. The highest BCUT2D eigenvalue weighted by atomic mass is 16.1. The van der Waals surface area contributed by atoms with Crippen molar-refractivity contribution in [2.24, 2.45) is 0 Å². The third kappa shape index (κ3) is 2.71. The Labute approximate surface area is 152 Å². The zero-order chi connectivity index (χ0) is 18.1. The first-order valence-electron chi connectivity index (χ1n) is 9.24. The van der Waals surface area contributed by atoms with Gasteiger partial charge in [0.1, 0.15) is 0 Å². The summed E-state index contributed by atoms with van der Waals surface area (Å²) in [5.74, 6) is 0.740. The molecule has 4 rings (SSSR count). The predicted octanol–water partition coefficient (Wildman–Crippen LogP) is 4.15. The first-order chi connectivity index (χ1) is 12.7. The van der Waals surface area contributed by atoms with E-state index in [1.54, 1.807) is 4.40 Å². The molecule has 0 unspecified atom stereocenters. The van der Waals surface area contributed by atoms with Gasteiger partial charge in [-0.3, -0.25) is 4.79 Å². The minimum absolute atomic E-state index is 0.0732. The molecule has 0 amide bonds. The van der Waals surface area contributed by atoms with Crippen molar-refractivity contribution in [2.75, 3.05) is 0 Å². The molecule has 0 saturated heterocycles. The number of hydrogen-bond acceptors (Lipinski definition) is 2. The molecule has 0 aliphatic rings. The van der Waals surface area contributed by atoms with Crippen LogP contribution in [-0.2, 0) is 19.4 Å². The Balaban J connectivity index is 1.93. The highest BCUT2D eigenvalue weighted by Gasteiger charge is 2.17. The second-order valence-electron chi connectivity index (χ2n) is 6.74. The number of benzene rings is 2. The molecule has 0 spiro atoms. The summed E-state index contributed by atoms with van der Waals surface area (Å²) >= 11 is 0. The van der Waals surface area contributed by atoms with Gasteiger partial charge in [0.15, 0.2) is 0 Å². The Morgan fingerprint density at radius 3 is 2.46 bits per heavy atom. The fourth-order valence-corrected chi connectivity index (χ4v) is 3.69. The van der Waals surface area contributed by atoms with Crippen molar-refractivity contribution in [3.63, 3.8) is 0 Å². The van der Waals surface area contributed by atoms with Gasteiger partial charge >= 0.3 is 0 Å². The standard InChI is InChI=1S/C22H23N3O/c1-3-9-18-16(2)24(15-14-17-10-5-4-6-11-17)22-23-19-12-7-8-13-20(19)25(22)21(18)26/h4-8,10-13H,3,9,14-15H2,1-2H3. The van der Waals surface area contributed by atoms with Crippen LogP contribution in [0.5, 0.6) is 0 Å². The third-order valence-electron chi connectivity index (χ3n) is 5.05. The van der Waals surface area contributed by atoms with Gasteiger partial charge in [-0.2, -0.15) is 0 Å². The normalized spacial score (nSPS) is 11.5. The van der Waals surface area contributed by atoms with E-state index in [2.05, 4.69) is 42.7 Å². The SMILES string of the molecule is CCCc1c(C)n(CCc2ccccc2)c2nc3ccccc3n2c1=O. The van der Waals surface area contributed by atoms with Crippen LogP contribution in [0.1, 0.15) is 30.2 Å². The lowest BCUT2D eigenvalue weighted by Crippen LogP contribution is -2.25. The number of imidazole rings is 1. The van der Waals surface area contributed by atoms with E-state index < -0.39 is 0 Å². The van der Waals surface area contributed by atoms with Crippen LogP contribution in [0.2, 0.25) is 0 Å². The number of aromatic nitrogens is 3. The Kier molecular flexibility index (Phi) is 4.33. The van der Waals surface area contributed by atoms with Gasteiger partial charge in [0.05, 0.1) is 11.0 Å². The van der Waals surface area contributed by atoms with E-state index in [1.807, 2.05) is 30.3 Å². The smallest absolute Gasteiger partial charge is 0.262 e. The molecule has 26 heavy (non-hydrogen) atoms. The predicted molar refractivity (Wildman–Crippen MR) is 106 cm³/mol. The summed E-state index contributed by atoms with van der Waals surface area (Å²) in [4.78, 5) is 17.9. The van der Waals surface area contributed by atoms with Crippen LogP contribution < -0.4 is 5.56 Å². The summed E-state index contributed by atoms with van der Waals surface area (Å²) in [7, 11) is 0. The quantitative estimate of drug-likeness (QED) is 0.545. The fraction of sp³-hybridized carbons (Fsp3) is 0.273. The van der Waals surface area contributed by atoms with Gasteiger partial charge in [-0.1, -0.05) is 55.8 Å². The number of rotatable bonds is 5. The van der Waals surface area contributed by atoms with Gasteiger partial charge in [0, 0.05) is 17.8 Å². The fourth-order valence-electron chi connectivity index (χ4n) is 3.69. The number of hydrogen-bond donors (Lipinski definition) is 0. The molecule has 0 fully saturated rings. The second-order valence-corrected chi connectivity index (χ2v) is 6.74. The molecule has 0 radical (unpaired) electrons. The van der Waals surface area contributed by atoms with Crippen LogP contribution in [-0.4, -0.2) is 14.0 Å². The molecular formula is C22H23N3O. The summed E-state index contributed by atoms with van der Waals surface area (Å²) in [5, 5.41) is 0. The molecule has 0 bridgehead atoms. The monoisotopic (exact) mass is 345 g/mol. The van der Waals surface area contributed by atoms with E-state index >= 15 is 0 Å². The third-order valence-corrected chi connectivity index (χ3v) is 5.05. The van der Waals surface area contributed by atoms with E-state index in [-0.39, 0.29) is 5.56 Å². The largest absolute Gasteiger partial charge is 0.315 e. The van der Waals surface area contributed by atoms with Crippen LogP contribution in [0.25, 0.3) is 16.8 Å². The highest BCUT2D eigenvalue weighted by molar-refractivity contribution is 5.79. The van der Waals surface area contributed by atoms with Gasteiger partial charge in [0.25, 0.3) is 5.56 Å². The van der Waals surface area contributed by atoms with Crippen molar-refractivity contribution in [3.8, 4) is 0 Å². The van der Waals surface area contributed by atoms with Crippen LogP contribution in [0, 0.1) is 6.92 Å². The Morgan fingerprint density at radius 1 is 0.962 bits per heavy atom. The lowest BCUT2D eigenvalue weighted by molar-refractivity contribution is 0.657. The summed E-state index contributed by atoms with van der Waals surface area (Å²) in [6.45, 7) is 4.97. The molecular weight excluding hydrogens is 322 g/mol. The average Bonchev–Trinajstić information content (AvgIpc) is 3.05. The highest BCUT2D eigenvalue weighted by Crippen LogP contribution is 2.18. The number of nitrogens with zero attached hydrogens (tertiary/aromatic N) is 3. The van der Waals surface area contributed by atoms with Crippen molar-refractivity contribution in [3.05, 3.63) is 81.8 Å². The van der Waals surface area contributed by atoms with Crippen molar-refractivity contribution in [2.45, 2.75) is 39.7 Å². The number of aryl methyl sites for hydroxylation is 2. The summed E-state index contributed by atoms with van der Waals surface area (Å²) < 4.78 is 4.00. The zero-order valence-corrected chi connectivity index (χ0v) is 15.3. The lowest BCUT2D eigenvalue weighted by atomic mass is 10.1. The molecule has 2 aromatic carbocycles. The Morgan fingerprint density at radius 2 is 1.69 bits per heavy atom. The molecule has 4 aromatic rings. The molecule has 4 heteroatoms. The van der Waals surface area contributed by atoms with Gasteiger partial charge in [-0.05, 0) is 37.5 Å². The van der Waals surface area contributed by atoms with Gasteiger partial charge < -0.3 is 4.57 Å². The maximum atomic E-state index is 13.2. The molecule has 132 valence electrons. The van der Waals surface area contributed by atoms with Gasteiger partial charge in [-0.25, -0.2) is 9.38 Å². The topological polar surface area (TPSA) is 39.3 Å². The zero-order valence-electron chi connectivity index (χ0n) is 15.3. The van der Waals surface area contributed by atoms with Crippen molar-refractivity contribution in [1.29, 1.82) is 0 Å². The first kappa shape index (κ1) is 16.6. The lowest BCUT2D eigenvalue weighted by Gasteiger charge is -2.16. The number of fused-ring (bicyclic) bond motifs is 3. The van der Waals surface area contributed by atoms with Crippen LogP contribution in [0.4, 0.5) is 0 Å². The minimum Gasteiger partial charge on any atom is -0.315 e. The summed E-state index contributed by atoms with van der Waals surface area (Å²) in [5.41, 5.74) is 5.05. The van der Waals surface area contributed by atoms with E-state index in [0.29, 0.717) is 0 Å². The van der Waals surface area contributed by atoms with Gasteiger partial charge in [0.2, 0.25) is 5.78 Å².